The molecule has 0 atom stereocenters. The van der Waals surface area contributed by atoms with Crippen molar-refractivity contribution >= 4 is 60.5 Å². The van der Waals surface area contributed by atoms with E-state index in [9.17, 15) is 0 Å². The monoisotopic (exact) mass is 663 g/mol. The van der Waals surface area contributed by atoms with Crippen LogP contribution in [0.25, 0.3) is 76.9 Å². The maximum Gasteiger partial charge on any atom is 0.143 e. The quantitative estimate of drug-likeness (QED) is 0.176. The van der Waals surface area contributed by atoms with Crippen LogP contribution < -0.4 is 4.90 Å². The van der Waals surface area contributed by atoms with Gasteiger partial charge < -0.3 is 9.32 Å². The highest BCUT2D eigenvalue weighted by atomic mass is 16.3. The van der Waals surface area contributed by atoms with Crippen molar-refractivity contribution in [3.05, 3.63) is 200 Å². The number of hydrogen-bond acceptors (Lipinski definition) is 2. The van der Waals surface area contributed by atoms with Crippen LogP contribution in [0.2, 0.25) is 0 Å². The van der Waals surface area contributed by atoms with Gasteiger partial charge in [-0.2, -0.15) is 0 Å². The normalized spacial score (nSPS) is 11.5. The minimum atomic E-state index is 0.862. The summed E-state index contributed by atoms with van der Waals surface area (Å²) in [7, 11) is 0. The number of para-hydroxylation sites is 1. The molecule has 9 aromatic carbocycles. The van der Waals surface area contributed by atoms with Crippen LogP contribution in [-0.4, -0.2) is 0 Å². The average molecular weight is 664 g/mol. The van der Waals surface area contributed by atoms with E-state index in [0.717, 1.165) is 50.1 Å². The van der Waals surface area contributed by atoms with Crippen LogP contribution in [-0.2, 0) is 0 Å². The van der Waals surface area contributed by atoms with Gasteiger partial charge in [-0.05, 0) is 91.8 Å². The summed E-state index contributed by atoms with van der Waals surface area (Å²) < 4.78 is 6.70. The fourth-order valence-electron chi connectivity index (χ4n) is 7.66. The van der Waals surface area contributed by atoms with Crippen molar-refractivity contribution in [2.45, 2.75) is 0 Å². The zero-order valence-corrected chi connectivity index (χ0v) is 28.4. The van der Waals surface area contributed by atoms with Crippen molar-refractivity contribution in [2.75, 3.05) is 4.90 Å². The molecule has 10 rings (SSSR count). The van der Waals surface area contributed by atoms with Gasteiger partial charge in [0, 0.05) is 39.5 Å². The Bertz CT molecular complexity index is 2880. The summed E-state index contributed by atoms with van der Waals surface area (Å²) in [6.45, 7) is 0. The predicted molar refractivity (Wildman–Crippen MR) is 220 cm³/mol. The molecule has 0 saturated heterocycles. The van der Waals surface area contributed by atoms with E-state index >= 15 is 0 Å². The molecule has 1 heterocycles. The molecular formula is C50H33NO. The topological polar surface area (TPSA) is 16.4 Å². The van der Waals surface area contributed by atoms with Gasteiger partial charge in [-0.3, -0.25) is 0 Å². The molecule has 0 aliphatic carbocycles. The van der Waals surface area contributed by atoms with Crippen LogP contribution in [0.4, 0.5) is 17.1 Å². The average Bonchev–Trinajstić information content (AvgIpc) is 3.60. The molecule has 1 aromatic heterocycles. The number of rotatable bonds is 6. The number of nitrogens with zero attached hydrogens (tertiary/aromatic N) is 1. The Morgan fingerprint density at radius 2 is 0.885 bits per heavy atom. The summed E-state index contributed by atoms with van der Waals surface area (Å²) in [5.41, 5.74) is 12.0. The van der Waals surface area contributed by atoms with Gasteiger partial charge in [0.1, 0.15) is 11.2 Å². The lowest BCUT2D eigenvalue weighted by molar-refractivity contribution is 0.670. The maximum atomic E-state index is 6.70. The Balaban J connectivity index is 1.09. The second-order valence-corrected chi connectivity index (χ2v) is 13.3. The SMILES string of the molecule is c1ccc(-c2cccc3c2oc2cc(N(c4ccc(-c5ccc6ccccc6c5)cc4)c4ccc(-c5cccc6ccccc56)cc4)ccc23)cc1. The molecule has 0 fully saturated rings. The van der Waals surface area contributed by atoms with E-state index in [1.807, 2.05) is 6.07 Å². The molecular weight excluding hydrogens is 631 g/mol. The van der Waals surface area contributed by atoms with E-state index in [-0.39, 0.29) is 0 Å². The molecule has 244 valence electrons. The van der Waals surface area contributed by atoms with Gasteiger partial charge in [0.15, 0.2) is 0 Å². The van der Waals surface area contributed by atoms with Crippen LogP contribution in [0, 0.1) is 0 Å². The Morgan fingerprint density at radius 3 is 1.69 bits per heavy atom. The van der Waals surface area contributed by atoms with Crippen LogP contribution >= 0.6 is 0 Å². The summed E-state index contributed by atoms with van der Waals surface area (Å²) in [6, 6.07) is 71.6. The van der Waals surface area contributed by atoms with E-state index < -0.39 is 0 Å². The molecule has 0 bridgehead atoms. The number of hydrogen-bond donors (Lipinski definition) is 0. The number of anilines is 3. The van der Waals surface area contributed by atoms with Crippen molar-refractivity contribution in [2.24, 2.45) is 0 Å². The van der Waals surface area contributed by atoms with E-state index in [2.05, 4.69) is 199 Å². The van der Waals surface area contributed by atoms with Crippen LogP contribution in [0.3, 0.4) is 0 Å². The van der Waals surface area contributed by atoms with Crippen LogP contribution in [0.1, 0.15) is 0 Å². The molecule has 0 radical (unpaired) electrons. The molecule has 0 spiro atoms. The summed E-state index contributed by atoms with van der Waals surface area (Å²) in [6.07, 6.45) is 0. The third kappa shape index (κ3) is 5.21. The fourth-order valence-corrected chi connectivity index (χ4v) is 7.66. The minimum absolute atomic E-state index is 0.862. The first-order valence-corrected chi connectivity index (χ1v) is 17.8. The van der Waals surface area contributed by atoms with Gasteiger partial charge in [-0.15, -0.1) is 0 Å². The summed E-state index contributed by atoms with van der Waals surface area (Å²) in [5, 5.41) is 7.21. The zero-order chi connectivity index (χ0) is 34.4. The number of fused-ring (bicyclic) bond motifs is 5. The third-order valence-corrected chi connectivity index (χ3v) is 10.3. The van der Waals surface area contributed by atoms with E-state index in [1.54, 1.807) is 0 Å². The largest absolute Gasteiger partial charge is 0.455 e. The summed E-state index contributed by atoms with van der Waals surface area (Å²) >= 11 is 0. The molecule has 2 nitrogen and oxygen atoms in total. The standard InChI is InChI=1S/C50H33NO/c1-2-11-37(12-3-1)46-18-9-19-48-47-31-30-43(33-49(47)52-50(46)48)51(41-26-22-35(23-27-41)40-21-20-34-10-4-5-14-39(34)32-40)42-28-24-38(25-29-42)45-17-8-15-36-13-6-7-16-44(36)45/h1-33H. The van der Waals surface area contributed by atoms with Crippen LogP contribution in [0.5, 0.6) is 0 Å². The Labute approximate surface area is 302 Å². The van der Waals surface area contributed by atoms with E-state index in [1.165, 1.54) is 43.8 Å². The lowest BCUT2D eigenvalue weighted by Crippen LogP contribution is -2.09. The van der Waals surface area contributed by atoms with Crippen molar-refractivity contribution < 1.29 is 4.42 Å². The highest BCUT2D eigenvalue weighted by Crippen LogP contribution is 2.42. The van der Waals surface area contributed by atoms with Crippen molar-refractivity contribution in [3.8, 4) is 33.4 Å². The first-order valence-electron chi connectivity index (χ1n) is 17.8. The van der Waals surface area contributed by atoms with Crippen molar-refractivity contribution in [1.29, 1.82) is 0 Å². The van der Waals surface area contributed by atoms with Gasteiger partial charge in [-0.25, -0.2) is 0 Å². The molecule has 0 aliphatic heterocycles. The highest BCUT2D eigenvalue weighted by molar-refractivity contribution is 6.10. The first kappa shape index (κ1) is 30.0. The summed E-state index contributed by atoms with van der Waals surface area (Å²) in [5.74, 6) is 0. The van der Waals surface area contributed by atoms with E-state index in [4.69, 9.17) is 4.42 Å². The Hall–Kier alpha value is -6.90. The zero-order valence-electron chi connectivity index (χ0n) is 28.4. The summed E-state index contributed by atoms with van der Waals surface area (Å²) in [4.78, 5) is 2.32. The number of furan rings is 1. The molecule has 0 N–H and O–H groups in total. The molecule has 0 amide bonds. The molecule has 0 saturated carbocycles. The van der Waals surface area contributed by atoms with Gasteiger partial charge in [-0.1, -0.05) is 152 Å². The molecule has 52 heavy (non-hydrogen) atoms. The van der Waals surface area contributed by atoms with Gasteiger partial charge >= 0.3 is 0 Å². The van der Waals surface area contributed by atoms with Gasteiger partial charge in [0.05, 0.1) is 0 Å². The second-order valence-electron chi connectivity index (χ2n) is 13.3. The smallest absolute Gasteiger partial charge is 0.143 e. The fraction of sp³-hybridized carbons (Fsp3) is 0. The van der Waals surface area contributed by atoms with Crippen molar-refractivity contribution in [3.63, 3.8) is 0 Å². The lowest BCUT2D eigenvalue weighted by Gasteiger charge is -2.26. The highest BCUT2D eigenvalue weighted by Gasteiger charge is 2.18. The van der Waals surface area contributed by atoms with Gasteiger partial charge in [0.2, 0.25) is 0 Å². The lowest BCUT2D eigenvalue weighted by atomic mass is 9.98. The third-order valence-electron chi connectivity index (χ3n) is 10.3. The Kier molecular flexibility index (Phi) is 7.18. The molecule has 2 heteroatoms. The minimum Gasteiger partial charge on any atom is -0.455 e. The molecule has 0 aliphatic rings. The maximum absolute atomic E-state index is 6.70. The number of benzene rings is 9. The molecule has 10 aromatic rings. The Morgan fingerprint density at radius 1 is 0.308 bits per heavy atom. The van der Waals surface area contributed by atoms with E-state index in [0.29, 0.717) is 0 Å². The molecule has 0 unspecified atom stereocenters. The van der Waals surface area contributed by atoms with Gasteiger partial charge in [0.25, 0.3) is 0 Å². The predicted octanol–water partition coefficient (Wildman–Crippen LogP) is 14.4. The second kappa shape index (κ2) is 12.5. The first-order chi connectivity index (χ1) is 25.8. The van der Waals surface area contributed by atoms with Crippen molar-refractivity contribution in [1.82, 2.24) is 0 Å². The van der Waals surface area contributed by atoms with Crippen LogP contribution in [0.15, 0.2) is 205 Å².